The summed E-state index contributed by atoms with van der Waals surface area (Å²) in [6.07, 6.45) is 5.14. The van der Waals surface area contributed by atoms with Gasteiger partial charge < -0.3 is 9.88 Å². The summed E-state index contributed by atoms with van der Waals surface area (Å²) < 4.78 is 2.05. The molecule has 0 bridgehead atoms. The van der Waals surface area contributed by atoms with Crippen LogP contribution in [0.25, 0.3) is 11.8 Å². The molecule has 0 aliphatic rings. The molecule has 1 N–H and O–H groups in total. The van der Waals surface area contributed by atoms with Crippen molar-refractivity contribution in [2.24, 2.45) is 0 Å². The van der Waals surface area contributed by atoms with Gasteiger partial charge in [-0.1, -0.05) is 17.7 Å². The maximum atomic E-state index is 12.6. The number of nitriles is 1. The van der Waals surface area contributed by atoms with Gasteiger partial charge in [0.2, 0.25) is 0 Å². The molecule has 5 heteroatoms. The average molecular weight is 370 g/mol. The van der Waals surface area contributed by atoms with Crippen LogP contribution in [0.2, 0.25) is 0 Å². The van der Waals surface area contributed by atoms with Crippen molar-refractivity contribution in [3.8, 4) is 11.8 Å². The molecule has 0 fully saturated rings. The number of nitrogens with one attached hydrogen (secondary N) is 1. The van der Waals surface area contributed by atoms with Gasteiger partial charge in [-0.05, 0) is 69.2 Å². The minimum atomic E-state index is -0.416. The Bertz CT molecular complexity index is 1100. The van der Waals surface area contributed by atoms with E-state index in [1.165, 1.54) is 0 Å². The van der Waals surface area contributed by atoms with Crippen molar-refractivity contribution in [3.63, 3.8) is 0 Å². The third-order valence-corrected chi connectivity index (χ3v) is 4.67. The second kappa shape index (κ2) is 7.93. The summed E-state index contributed by atoms with van der Waals surface area (Å²) >= 11 is 0. The van der Waals surface area contributed by atoms with Gasteiger partial charge >= 0.3 is 0 Å². The monoisotopic (exact) mass is 370 g/mol. The molecule has 0 aliphatic heterocycles. The van der Waals surface area contributed by atoms with E-state index in [9.17, 15) is 10.1 Å². The molecule has 5 nitrogen and oxygen atoms in total. The molecule has 3 rings (SSSR count). The molecule has 1 aromatic carbocycles. The molecule has 0 atom stereocenters. The quantitative estimate of drug-likeness (QED) is 0.537. The zero-order valence-corrected chi connectivity index (χ0v) is 16.4. The Balaban J connectivity index is 1.93. The van der Waals surface area contributed by atoms with Crippen molar-refractivity contribution in [2.45, 2.75) is 27.7 Å². The van der Waals surface area contributed by atoms with Crippen LogP contribution in [0.4, 0.5) is 5.69 Å². The summed E-state index contributed by atoms with van der Waals surface area (Å²) in [5.74, 6) is -0.416. The highest BCUT2D eigenvalue weighted by atomic mass is 16.1. The minimum Gasteiger partial charge on any atom is -0.321 e. The van der Waals surface area contributed by atoms with Crippen LogP contribution in [0.3, 0.4) is 0 Å². The van der Waals surface area contributed by atoms with Gasteiger partial charge in [0, 0.05) is 23.3 Å². The van der Waals surface area contributed by atoms with Crippen LogP contribution in [0.5, 0.6) is 0 Å². The predicted octanol–water partition coefficient (Wildman–Crippen LogP) is 4.65. The lowest BCUT2D eigenvalue weighted by Crippen LogP contribution is -2.14. The fraction of sp³-hybridized carbons (Fsp3) is 0.174. The maximum Gasteiger partial charge on any atom is 0.266 e. The molecular weight excluding hydrogens is 348 g/mol. The second-order valence-corrected chi connectivity index (χ2v) is 6.82. The summed E-state index contributed by atoms with van der Waals surface area (Å²) in [5.41, 5.74) is 6.56. The van der Waals surface area contributed by atoms with Crippen molar-refractivity contribution < 1.29 is 4.79 Å². The number of benzene rings is 1. The summed E-state index contributed by atoms with van der Waals surface area (Å²) in [6.45, 7) is 7.87. The van der Waals surface area contributed by atoms with Gasteiger partial charge in [0.05, 0.1) is 11.9 Å². The lowest BCUT2D eigenvalue weighted by atomic mass is 10.1. The van der Waals surface area contributed by atoms with Gasteiger partial charge in [-0.25, -0.2) is 0 Å². The van der Waals surface area contributed by atoms with Crippen LogP contribution in [-0.2, 0) is 4.79 Å². The molecule has 1 amide bonds. The van der Waals surface area contributed by atoms with Gasteiger partial charge in [0.25, 0.3) is 5.91 Å². The van der Waals surface area contributed by atoms with Gasteiger partial charge in [0.15, 0.2) is 0 Å². The Labute approximate surface area is 165 Å². The molecule has 2 heterocycles. The van der Waals surface area contributed by atoms with Crippen LogP contribution in [0.15, 0.2) is 54.4 Å². The van der Waals surface area contributed by atoms with E-state index in [4.69, 9.17) is 0 Å². The molecule has 0 unspecified atom stereocenters. The summed E-state index contributed by atoms with van der Waals surface area (Å²) in [6, 6.07) is 13.6. The highest BCUT2D eigenvalue weighted by Gasteiger charge is 2.14. The van der Waals surface area contributed by atoms with E-state index in [2.05, 4.69) is 14.9 Å². The Morgan fingerprint density at radius 2 is 1.96 bits per heavy atom. The first-order valence-electron chi connectivity index (χ1n) is 9.00. The number of anilines is 1. The number of aryl methyl sites for hydroxylation is 3. The Morgan fingerprint density at radius 3 is 2.61 bits per heavy atom. The number of hydrogen-bond acceptors (Lipinski definition) is 3. The van der Waals surface area contributed by atoms with Crippen molar-refractivity contribution in [1.29, 1.82) is 5.26 Å². The van der Waals surface area contributed by atoms with Crippen LogP contribution in [0.1, 0.15) is 28.1 Å². The topological polar surface area (TPSA) is 70.7 Å². The number of rotatable bonds is 4. The predicted molar refractivity (Wildman–Crippen MR) is 111 cm³/mol. The summed E-state index contributed by atoms with van der Waals surface area (Å²) in [4.78, 5) is 16.8. The fourth-order valence-electron chi connectivity index (χ4n) is 3.26. The van der Waals surface area contributed by atoms with E-state index in [0.29, 0.717) is 5.69 Å². The van der Waals surface area contributed by atoms with Crippen LogP contribution < -0.4 is 5.32 Å². The highest BCUT2D eigenvalue weighted by molar-refractivity contribution is 6.10. The van der Waals surface area contributed by atoms with Gasteiger partial charge in [-0.15, -0.1) is 0 Å². The summed E-state index contributed by atoms with van der Waals surface area (Å²) in [7, 11) is 0. The van der Waals surface area contributed by atoms with E-state index in [1.54, 1.807) is 18.5 Å². The van der Waals surface area contributed by atoms with Gasteiger partial charge in [0.1, 0.15) is 11.6 Å². The van der Waals surface area contributed by atoms with Crippen LogP contribution in [0, 0.1) is 39.0 Å². The standard InChI is InChI=1S/C23H22N4O/c1-15-7-8-22(16(2)10-15)26-23(28)20(13-24)12-19-11-17(3)27(18(19)4)21-6-5-9-25-14-21/h5-12,14H,1-4H3,(H,26,28)/b20-12-. The minimum absolute atomic E-state index is 0.0615. The van der Waals surface area contributed by atoms with Crippen LogP contribution >= 0.6 is 0 Å². The Morgan fingerprint density at radius 1 is 1.18 bits per heavy atom. The first kappa shape index (κ1) is 19.1. The third kappa shape index (κ3) is 3.86. The second-order valence-electron chi connectivity index (χ2n) is 6.82. The van der Waals surface area contributed by atoms with E-state index in [1.807, 2.05) is 70.2 Å². The van der Waals surface area contributed by atoms with Crippen LogP contribution in [-0.4, -0.2) is 15.5 Å². The molecule has 3 aromatic rings. The molecule has 2 aromatic heterocycles. The highest BCUT2D eigenvalue weighted by Crippen LogP contribution is 2.23. The molecule has 0 saturated carbocycles. The number of carbonyl (C=O) groups excluding carboxylic acids is 1. The van der Waals surface area contributed by atoms with Gasteiger partial charge in [-0.3, -0.25) is 9.78 Å². The van der Waals surface area contributed by atoms with Crippen molar-refractivity contribution >= 4 is 17.7 Å². The van der Waals surface area contributed by atoms with Crippen molar-refractivity contribution in [1.82, 2.24) is 9.55 Å². The van der Waals surface area contributed by atoms with E-state index in [-0.39, 0.29) is 5.57 Å². The molecule has 0 saturated heterocycles. The molecule has 140 valence electrons. The maximum absolute atomic E-state index is 12.6. The summed E-state index contributed by atoms with van der Waals surface area (Å²) in [5, 5.41) is 12.4. The number of nitrogens with zero attached hydrogens (tertiary/aromatic N) is 3. The zero-order valence-electron chi connectivity index (χ0n) is 16.4. The van der Waals surface area contributed by atoms with Crippen molar-refractivity contribution in [3.05, 3.63) is 82.4 Å². The smallest absolute Gasteiger partial charge is 0.266 e. The number of pyridine rings is 1. The SMILES string of the molecule is Cc1ccc(NC(=O)/C(C#N)=C\c2cc(C)n(-c3cccnc3)c2C)c(C)c1. The third-order valence-electron chi connectivity index (χ3n) is 4.67. The largest absolute Gasteiger partial charge is 0.321 e. The van der Waals surface area contributed by atoms with E-state index in [0.717, 1.165) is 33.8 Å². The molecular formula is C23H22N4O. The van der Waals surface area contributed by atoms with Gasteiger partial charge in [-0.2, -0.15) is 5.26 Å². The Hall–Kier alpha value is -3.65. The Kier molecular flexibility index (Phi) is 5.42. The number of aromatic nitrogens is 2. The van der Waals surface area contributed by atoms with Crippen molar-refractivity contribution in [2.75, 3.05) is 5.32 Å². The molecule has 0 aliphatic carbocycles. The molecule has 0 spiro atoms. The van der Waals surface area contributed by atoms with E-state index >= 15 is 0 Å². The zero-order chi connectivity index (χ0) is 20.3. The van der Waals surface area contributed by atoms with E-state index < -0.39 is 5.91 Å². The first-order chi connectivity index (χ1) is 13.4. The number of amides is 1. The lowest BCUT2D eigenvalue weighted by Gasteiger charge is -2.09. The molecule has 0 radical (unpaired) electrons. The number of hydrogen-bond donors (Lipinski definition) is 1. The fourth-order valence-corrected chi connectivity index (χ4v) is 3.26. The average Bonchev–Trinajstić information content (AvgIpc) is 2.95. The number of carbonyl (C=O) groups is 1. The first-order valence-corrected chi connectivity index (χ1v) is 9.00. The normalized spacial score (nSPS) is 11.2. The lowest BCUT2D eigenvalue weighted by molar-refractivity contribution is -0.112. The molecule has 28 heavy (non-hydrogen) atoms.